The molecule has 0 saturated carbocycles. The molecule has 0 radical (unpaired) electrons. The first-order valence-electron chi connectivity index (χ1n) is 6.46. The van der Waals surface area contributed by atoms with Crippen LogP contribution in [0.3, 0.4) is 0 Å². The molecule has 0 saturated heterocycles. The van der Waals surface area contributed by atoms with E-state index in [9.17, 15) is 0 Å². The fourth-order valence-electron chi connectivity index (χ4n) is 2.01. The minimum absolute atomic E-state index is 0.643. The van der Waals surface area contributed by atoms with E-state index < -0.39 is 0 Å². The highest BCUT2D eigenvalue weighted by Crippen LogP contribution is 2.15. The smallest absolute Gasteiger partial charge is 0.120 e. The first kappa shape index (κ1) is 14.2. The van der Waals surface area contributed by atoms with Gasteiger partial charge in [-0.2, -0.15) is 10.4 Å². The zero-order chi connectivity index (χ0) is 14.5. The molecule has 0 fully saturated rings. The number of aromatic nitrogens is 3. The lowest BCUT2D eigenvalue weighted by atomic mass is 10.2. The molecule has 0 unspecified atom stereocenters. The van der Waals surface area contributed by atoms with Crippen LogP contribution in [0.5, 0.6) is 0 Å². The van der Waals surface area contributed by atoms with Gasteiger partial charge in [-0.25, -0.2) is 0 Å². The zero-order valence-electron chi connectivity index (χ0n) is 12.1. The van der Waals surface area contributed by atoms with Crippen LogP contribution in [0.1, 0.15) is 17.0 Å². The maximum atomic E-state index is 9.01. The van der Waals surface area contributed by atoms with Crippen LogP contribution in [-0.4, -0.2) is 28.1 Å². The van der Waals surface area contributed by atoms with Gasteiger partial charge in [0.2, 0.25) is 0 Å². The summed E-state index contributed by atoms with van der Waals surface area (Å²) in [6.07, 6.45) is 3.74. The molecule has 1 N–H and O–H groups in total. The standard InChI is InChI=1S/C14H19N5O/c1-11-12(6-14(7-15)18(11)2)8-16-13-9-17-19(10-13)4-5-20-3/h6,9-10,16H,4-5,8H2,1-3H3. The average Bonchev–Trinajstić information content (AvgIpc) is 3.01. The van der Waals surface area contributed by atoms with Gasteiger partial charge in [-0.15, -0.1) is 0 Å². The van der Waals surface area contributed by atoms with Gasteiger partial charge in [-0.05, 0) is 18.6 Å². The fourth-order valence-corrected chi connectivity index (χ4v) is 2.01. The Morgan fingerprint density at radius 3 is 2.95 bits per heavy atom. The summed E-state index contributed by atoms with van der Waals surface area (Å²) in [5.74, 6) is 0. The zero-order valence-corrected chi connectivity index (χ0v) is 12.1. The Bertz CT molecular complexity index is 620. The van der Waals surface area contributed by atoms with Crippen LogP contribution >= 0.6 is 0 Å². The lowest BCUT2D eigenvalue weighted by molar-refractivity contribution is 0.183. The molecule has 0 spiro atoms. The summed E-state index contributed by atoms with van der Waals surface area (Å²) in [5.41, 5.74) is 3.85. The number of nitrogens with zero attached hydrogens (tertiary/aromatic N) is 4. The van der Waals surface area contributed by atoms with Crippen LogP contribution in [-0.2, 0) is 24.9 Å². The lowest BCUT2D eigenvalue weighted by Crippen LogP contribution is -2.04. The lowest BCUT2D eigenvalue weighted by Gasteiger charge is -2.04. The first-order chi connectivity index (χ1) is 9.65. The quantitative estimate of drug-likeness (QED) is 0.869. The van der Waals surface area contributed by atoms with Crippen LogP contribution in [0.15, 0.2) is 18.5 Å². The van der Waals surface area contributed by atoms with Crippen LogP contribution in [0, 0.1) is 18.3 Å². The predicted octanol–water partition coefficient (Wildman–Crippen LogP) is 1.66. The van der Waals surface area contributed by atoms with Gasteiger partial charge in [0.25, 0.3) is 0 Å². The molecule has 2 aromatic rings. The van der Waals surface area contributed by atoms with Crippen LogP contribution in [0.25, 0.3) is 0 Å². The molecular formula is C14H19N5O. The fraction of sp³-hybridized carbons (Fsp3) is 0.429. The second-order valence-corrected chi connectivity index (χ2v) is 4.65. The van der Waals surface area contributed by atoms with Gasteiger partial charge in [-0.3, -0.25) is 4.68 Å². The molecule has 0 atom stereocenters. The number of methoxy groups -OCH3 is 1. The Labute approximate surface area is 118 Å². The van der Waals surface area contributed by atoms with E-state index in [-0.39, 0.29) is 0 Å². The third-order valence-electron chi connectivity index (χ3n) is 3.40. The van der Waals surface area contributed by atoms with Gasteiger partial charge in [-0.1, -0.05) is 0 Å². The minimum atomic E-state index is 0.643. The highest BCUT2D eigenvalue weighted by Gasteiger charge is 2.08. The molecule has 0 aliphatic carbocycles. The van der Waals surface area contributed by atoms with Crippen LogP contribution < -0.4 is 5.32 Å². The van der Waals surface area contributed by atoms with Crippen molar-refractivity contribution in [2.24, 2.45) is 7.05 Å². The molecule has 2 rings (SSSR count). The molecule has 0 bridgehead atoms. The Hall–Kier alpha value is -2.26. The largest absolute Gasteiger partial charge is 0.383 e. The second kappa shape index (κ2) is 6.26. The molecule has 2 aromatic heterocycles. The summed E-state index contributed by atoms with van der Waals surface area (Å²) in [6, 6.07) is 4.10. The summed E-state index contributed by atoms with van der Waals surface area (Å²) >= 11 is 0. The molecule has 106 valence electrons. The summed E-state index contributed by atoms with van der Waals surface area (Å²) in [5, 5.41) is 16.6. The van der Waals surface area contributed by atoms with Crippen LogP contribution in [0.2, 0.25) is 0 Å². The van der Waals surface area contributed by atoms with E-state index in [0.717, 1.165) is 23.5 Å². The second-order valence-electron chi connectivity index (χ2n) is 4.65. The maximum absolute atomic E-state index is 9.01. The Morgan fingerprint density at radius 1 is 1.50 bits per heavy atom. The van der Waals surface area contributed by atoms with Crippen molar-refractivity contribution < 1.29 is 4.74 Å². The predicted molar refractivity (Wildman–Crippen MR) is 76.3 cm³/mol. The van der Waals surface area contributed by atoms with Crippen molar-refractivity contribution in [1.29, 1.82) is 5.26 Å². The SMILES string of the molecule is COCCn1cc(NCc2cc(C#N)n(C)c2C)cn1. The van der Waals surface area contributed by atoms with Crippen molar-refractivity contribution in [2.75, 3.05) is 19.0 Å². The van der Waals surface area contributed by atoms with Gasteiger partial charge in [0.1, 0.15) is 11.8 Å². The molecule has 0 amide bonds. The minimum Gasteiger partial charge on any atom is -0.383 e. The summed E-state index contributed by atoms with van der Waals surface area (Å²) in [6.45, 7) is 4.07. The van der Waals surface area contributed by atoms with Crippen molar-refractivity contribution in [3.8, 4) is 6.07 Å². The normalized spacial score (nSPS) is 10.5. The third-order valence-corrected chi connectivity index (χ3v) is 3.40. The molecular weight excluding hydrogens is 254 g/mol. The molecule has 0 aliphatic rings. The van der Waals surface area contributed by atoms with E-state index in [0.29, 0.717) is 18.8 Å². The van der Waals surface area contributed by atoms with E-state index in [4.69, 9.17) is 10.00 Å². The number of rotatable bonds is 6. The number of nitriles is 1. The van der Waals surface area contributed by atoms with Gasteiger partial charge in [0, 0.05) is 32.6 Å². The number of hydrogen-bond donors (Lipinski definition) is 1. The van der Waals surface area contributed by atoms with Crippen molar-refractivity contribution in [2.45, 2.75) is 20.0 Å². The number of ether oxygens (including phenoxy) is 1. The van der Waals surface area contributed by atoms with Crippen molar-refractivity contribution in [3.05, 3.63) is 35.4 Å². The molecule has 20 heavy (non-hydrogen) atoms. The van der Waals surface area contributed by atoms with Crippen molar-refractivity contribution in [1.82, 2.24) is 14.3 Å². The highest BCUT2D eigenvalue weighted by atomic mass is 16.5. The van der Waals surface area contributed by atoms with Crippen LogP contribution in [0.4, 0.5) is 5.69 Å². The van der Waals surface area contributed by atoms with E-state index in [1.807, 2.05) is 35.5 Å². The highest BCUT2D eigenvalue weighted by molar-refractivity contribution is 5.41. The summed E-state index contributed by atoms with van der Waals surface area (Å²) in [7, 11) is 3.58. The van der Waals surface area contributed by atoms with E-state index in [2.05, 4.69) is 16.5 Å². The van der Waals surface area contributed by atoms with E-state index in [1.165, 1.54) is 0 Å². The monoisotopic (exact) mass is 273 g/mol. The molecule has 0 aliphatic heterocycles. The van der Waals surface area contributed by atoms with E-state index in [1.54, 1.807) is 13.3 Å². The summed E-state index contributed by atoms with van der Waals surface area (Å²) < 4.78 is 8.75. The van der Waals surface area contributed by atoms with Gasteiger partial charge in [0.15, 0.2) is 0 Å². The molecule has 2 heterocycles. The molecule has 6 nitrogen and oxygen atoms in total. The van der Waals surface area contributed by atoms with Crippen molar-refractivity contribution in [3.63, 3.8) is 0 Å². The number of nitrogens with one attached hydrogen (secondary N) is 1. The molecule has 0 aromatic carbocycles. The van der Waals surface area contributed by atoms with E-state index >= 15 is 0 Å². The Kier molecular flexibility index (Phi) is 4.43. The topological polar surface area (TPSA) is 67.8 Å². The molecule has 6 heteroatoms. The maximum Gasteiger partial charge on any atom is 0.120 e. The average molecular weight is 273 g/mol. The van der Waals surface area contributed by atoms with Gasteiger partial charge in [0.05, 0.1) is 25.0 Å². The Morgan fingerprint density at radius 2 is 2.30 bits per heavy atom. The number of hydrogen-bond acceptors (Lipinski definition) is 4. The summed E-state index contributed by atoms with van der Waals surface area (Å²) in [4.78, 5) is 0. The van der Waals surface area contributed by atoms with Gasteiger partial charge < -0.3 is 14.6 Å². The Balaban J connectivity index is 1.98. The van der Waals surface area contributed by atoms with Gasteiger partial charge >= 0.3 is 0 Å². The van der Waals surface area contributed by atoms with Crippen molar-refractivity contribution >= 4 is 5.69 Å². The number of anilines is 1. The first-order valence-corrected chi connectivity index (χ1v) is 6.46. The third kappa shape index (κ3) is 3.00.